The van der Waals surface area contributed by atoms with E-state index < -0.39 is 0 Å². The van der Waals surface area contributed by atoms with Crippen LogP contribution in [0.1, 0.15) is 17.5 Å². The molecule has 3 rings (SSSR count). The minimum absolute atomic E-state index is 0.179. The van der Waals surface area contributed by atoms with Gasteiger partial charge in [-0.3, -0.25) is 4.79 Å². The first kappa shape index (κ1) is 25.3. The summed E-state index contributed by atoms with van der Waals surface area (Å²) >= 11 is 5.68. The van der Waals surface area contributed by atoms with E-state index in [-0.39, 0.29) is 5.56 Å². The summed E-state index contributed by atoms with van der Waals surface area (Å²) in [6, 6.07) is 13.3. The van der Waals surface area contributed by atoms with Crippen LogP contribution in [0.3, 0.4) is 0 Å². The number of benzene rings is 2. The number of ether oxygens (including phenoxy) is 4. The van der Waals surface area contributed by atoms with E-state index in [9.17, 15) is 4.79 Å². The lowest BCUT2D eigenvalue weighted by Gasteiger charge is -2.26. The number of thiocarbonyl (C=S) groups is 1. The molecule has 34 heavy (non-hydrogen) atoms. The molecular formula is C25H31N3O5S. The predicted octanol–water partition coefficient (Wildman–Crippen LogP) is 3.47. The molecule has 0 aliphatic heterocycles. The SMILES string of the molecule is COCCCNC(=S)N(Cc1ccc(OC)cc1)Cc1cc2cc(OC)c(OC)cc2[nH]c1=O. The molecule has 0 saturated heterocycles. The minimum atomic E-state index is -0.179. The molecule has 0 aliphatic rings. The van der Waals surface area contributed by atoms with Gasteiger partial charge in [0.2, 0.25) is 0 Å². The minimum Gasteiger partial charge on any atom is -0.497 e. The summed E-state index contributed by atoms with van der Waals surface area (Å²) in [7, 11) is 6.45. The number of pyridine rings is 1. The molecule has 0 aliphatic carbocycles. The lowest BCUT2D eigenvalue weighted by molar-refractivity contribution is 0.195. The van der Waals surface area contributed by atoms with Crippen LogP contribution in [0.4, 0.5) is 0 Å². The van der Waals surface area contributed by atoms with Crippen molar-refractivity contribution in [1.82, 2.24) is 15.2 Å². The van der Waals surface area contributed by atoms with Crippen LogP contribution in [0.5, 0.6) is 17.2 Å². The second-order valence-electron chi connectivity index (χ2n) is 7.70. The zero-order valence-electron chi connectivity index (χ0n) is 20.0. The van der Waals surface area contributed by atoms with Gasteiger partial charge < -0.3 is 34.1 Å². The molecule has 0 amide bonds. The second-order valence-corrected chi connectivity index (χ2v) is 8.09. The normalized spacial score (nSPS) is 10.7. The number of methoxy groups -OCH3 is 4. The Labute approximate surface area is 204 Å². The van der Waals surface area contributed by atoms with Gasteiger partial charge in [0, 0.05) is 43.8 Å². The molecule has 8 nitrogen and oxygen atoms in total. The van der Waals surface area contributed by atoms with E-state index in [1.165, 1.54) is 0 Å². The highest BCUT2D eigenvalue weighted by molar-refractivity contribution is 7.80. The lowest BCUT2D eigenvalue weighted by atomic mass is 10.1. The molecule has 2 N–H and O–H groups in total. The standard InChI is InChI=1S/C25H31N3O5S/c1-30-11-5-10-26-25(34)28(15-17-6-8-20(31-2)9-7-17)16-19-12-18-13-22(32-3)23(33-4)14-21(18)27-24(19)29/h6-9,12-14H,5,10-11,15-16H2,1-4H3,(H,26,34)(H,27,29). The number of hydrogen-bond donors (Lipinski definition) is 2. The fourth-order valence-corrected chi connectivity index (χ4v) is 3.81. The van der Waals surface area contributed by atoms with Crippen molar-refractivity contribution in [2.45, 2.75) is 19.5 Å². The third kappa shape index (κ3) is 6.39. The second kappa shape index (κ2) is 12.2. The Morgan fingerprint density at radius 3 is 2.32 bits per heavy atom. The molecule has 3 aromatic rings. The smallest absolute Gasteiger partial charge is 0.253 e. The molecule has 0 radical (unpaired) electrons. The number of hydrogen-bond acceptors (Lipinski definition) is 6. The summed E-state index contributed by atoms with van der Waals surface area (Å²) in [6.45, 7) is 2.19. The fourth-order valence-electron chi connectivity index (χ4n) is 3.58. The van der Waals surface area contributed by atoms with E-state index in [0.29, 0.717) is 53.9 Å². The van der Waals surface area contributed by atoms with E-state index in [4.69, 9.17) is 31.2 Å². The van der Waals surface area contributed by atoms with Crippen molar-refractivity contribution < 1.29 is 18.9 Å². The monoisotopic (exact) mass is 485 g/mol. The van der Waals surface area contributed by atoms with Gasteiger partial charge in [-0.2, -0.15) is 0 Å². The van der Waals surface area contributed by atoms with E-state index in [1.54, 1.807) is 34.5 Å². The quantitative estimate of drug-likeness (QED) is 0.316. The van der Waals surface area contributed by atoms with Gasteiger partial charge in [-0.25, -0.2) is 0 Å². The summed E-state index contributed by atoms with van der Waals surface area (Å²) in [4.78, 5) is 17.9. The predicted molar refractivity (Wildman–Crippen MR) is 137 cm³/mol. The van der Waals surface area contributed by atoms with Crippen LogP contribution in [0.25, 0.3) is 10.9 Å². The zero-order valence-corrected chi connectivity index (χ0v) is 20.8. The van der Waals surface area contributed by atoms with Gasteiger partial charge in [0.1, 0.15) is 5.75 Å². The molecule has 0 spiro atoms. The molecule has 2 aromatic carbocycles. The van der Waals surface area contributed by atoms with Crippen LogP contribution >= 0.6 is 12.2 Å². The van der Waals surface area contributed by atoms with Gasteiger partial charge in [0.05, 0.1) is 33.4 Å². The number of nitrogens with one attached hydrogen (secondary N) is 2. The van der Waals surface area contributed by atoms with Crippen molar-refractivity contribution >= 4 is 28.2 Å². The van der Waals surface area contributed by atoms with Crippen LogP contribution in [0, 0.1) is 0 Å². The summed E-state index contributed by atoms with van der Waals surface area (Å²) in [5.41, 5.74) is 2.13. The van der Waals surface area contributed by atoms with Crippen LogP contribution in [-0.4, -0.2) is 56.6 Å². The van der Waals surface area contributed by atoms with Crippen molar-refractivity contribution in [2.75, 3.05) is 41.6 Å². The summed E-state index contributed by atoms with van der Waals surface area (Å²) in [5.74, 6) is 1.94. The summed E-state index contributed by atoms with van der Waals surface area (Å²) in [5, 5.41) is 4.69. The number of H-pyrrole nitrogens is 1. The average molecular weight is 486 g/mol. The van der Waals surface area contributed by atoms with E-state index in [2.05, 4.69) is 10.3 Å². The summed E-state index contributed by atoms with van der Waals surface area (Å²) < 4.78 is 21.1. The first-order valence-corrected chi connectivity index (χ1v) is 11.3. The van der Waals surface area contributed by atoms with Gasteiger partial charge in [0.25, 0.3) is 5.56 Å². The molecule has 182 valence electrons. The maximum Gasteiger partial charge on any atom is 0.253 e. The molecule has 0 unspecified atom stereocenters. The van der Waals surface area contributed by atoms with Crippen LogP contribution in [0.15, 0.2) is 47.3 Å². The van der Waals surface area contributed by atoms with Crippen molar-refractivity contribution in [3.63, 3.8) is 0 Å². The number of rotatable bonds is 11. The Hall–Kier alpha value is -3.30. The Bertz CT molecular complexity index is 1160. The molecular weight excluding hydrogens is 454 g/mol. The number of aromatic nitrogens is 1. The Morgan fingerprint density at radius 1 is 0.971 bits per heavy atom. The van der Waals surface area contributed by atoms with Crippen LogP contribution in [-0.2, 0) is 17.8 Å². The topological polar surface area (TPSA) is 85.1 Å². The van der Waals surface area contributed by atoms with Crippen molar-refractivity contribution in [1.29, 1.82) is 0 Å². The molecule has 0 fully saturated rings. The largest absolute Gasteiger partial charge is 0.497 e. The Morgan fingerprint density at radius 2 is 1.68 bits per heavy atom. The molecule has 1 heterocycles. The van der Waals surface area contributed by atoms with Crippen LogP contribution < -0.4 is 25.1 Å². The van der Waals surface area contributed by atoms with E-state index in [1.807, 2.05) is 41.3 Å². The highest BCUT2D eigenvalue weighted by Gasteiger charge is 2.15. The van der Waals surface area contributed by atoms with Gasteiger partial charge in [-0.05, 0) is 48.5 Å². The molecule has 0 saturated carbocycles. The molecule has 0 atom stereocenters. The van der Waals surface area contributed by atoms with E-state index >= 15 is 0 Å². The van der Waals surface area contributed by atoms with Gasteiger partial charge >= 0.3 is 0 Å². The van der Waals surface area contributed by atoms with Gasteiger partial charge in [-0.15, -0.1) is 0 Å². The first-order chi connectivity index (χ1) is 16.5. The van der Waals surface area contributed by atoms with E-state index in [0.717, 1.165) is 23.1 Å². The average Bonchev–Trinajstić information content (AvgIpc) is 2.86. The van der Waals surface area contributed by atoms with Crippen molar-refractivity contribution in [3.8, 4) is 17.2 Å². The number of nitrogens with zero attached hydrogens (tertiary/aromatic N) is 1. The Kier molecular flexibility index (Phi) is 9.12. The first-order valence-electron chi connectivity index (χ1n) is 10.9. The van der Waals surface area contributed by atoms with Gasteiger partial charge in [-0.1, -0.05) is 12.1 Å². The van der Waals surface area contributed by atoms with Crippen molar-refractivity contribution in [3.05, 3.63) is 63.9 Å². The maximum atomic E-state index is 12.9. The fraction of sp³-hybridized carbons (Fsp3) is 0.360. The third-order valence-corrected chi connectivity index (χ3v) is 5.81. The Balaban J connectivity index is 1.89. The van der Waals surface area contributed by atoms with Crippen LogP contribution in [0.2, 0.25) is 0 Å². The summed E-state index contributed by atoms with van der Waals surface area (Å²) in [6.07, 6.45) is 0.825. The number of aromatic amines is 1. The molecule has 0 bridgehead atoms. The highest BCUT2D eigenvalue weighted by Crippen LogP contribution is 2.31. The molecule has 9 heteroatoms. The van der Waals surface area contributed by atoms with Crippen molar-refractivity contribution in [2.24, 2.45) is 0 Å². The third-order valence-electron chi connectivity index (χ3n) is 5.41. The highest BCUT2D eigenvalue weighted by atomic mass is 32.1. The lowest BCUT2D eigenvalue weighted by Crippen LogP contribution is -2.40. The molecule has 1 aromatic heterocycles. The van der Waals surface area contributed by atoms with Gasteiger partial charge in [0.15, 0.2) is 16.6 Å². The zero-order chi connectivity index (χ0) is 24.5. The number of fused-ring (bicyclic) bond motifs is 1. The maximum absolute atomic E-state index is 12.9.